The summed E-state index contributed by atoms with van der Waals surface area (Å²) in [5.41, 5.74) is 0. The molecule has 0 aromatic heterocycles. The molecule has 0 unspecified atom stereocenters. The first-order chi connectivity index (χ1) is 9.58. The van der Waals surface area contributed by atoms with E-state index in [1.165, 1.54) is 51.6 Å². The SMILES string of the molecule is CC.CC(C)C1CCC(N2CCC(C(C)C)CC2)CC1. The molecule has 0 aromatic carbocycles. The van der Waals surface area contributed by atoms with Crippen molar-refractivity contribution < 1.29 is 0 Å². The van der Waals surface area contributed by atoms with Crippen LogP contribution in [0, 0.1) is 23.7 Å². The van der Waals surface area contributed by atoms with E-state index in [0.29, 0.717) is 0 Å². The first kappa shape index (κ1) is 18.0. The lowest BCUT2D eigenvalue weighted by molar-refractivity contribution is 0.0769. The van der Waals surface area contributed by atoms with Gasteiger partial charge < -0.3 is 4.90 Å². The second kappa shape index (κ2) is 9.07. The van der Waals surface area contributed by atoms with Crippen LogP contribution in [0.1, 0.15) is 80.1 Å². The van der Waals surface area contributed by atoms with Crippen LogP contribution >= 0.6 is 0 Å². The summed E-state index contributed by atoms with van der Waals surface area (Å²) in [7, 11) is 0. The molecule has 0 radical (unpaired) electrons. The molecule has 1 saturated carbocycles. The number of hydrogen-bond acceptors (Lipinski definition) is 1. The Morgan fingerprint density at radius 2 is 1.05 bits per heavy atom. The van der Waals surface area contributed by atoms with E-state index in [2.05, 4.69) is 32.6 Å². The highest BCUT2D eigenvalue weighted by molar-refractivity contribution is 4.84. The third-order valence-corrected chi connectivity index (χ3v) is 5.72. The van der Waals surface area contributed by atoms with Crippen molar-refractivity contribution >= 4 is 0 Å². The molecule has 2 aliphatic rings. The highest BCUT2D eigenvalue weighted by Gasteiger charge is 2.30. The minimum Gasteiger partial charge on any atom is -0.300 e. The van der Waals surface area contributed by atoms with Gasteiger partial charge in [-0.3, -0.25) is 0 Å². The molecular weight excluding hydrogens is 242 g/mol. The second-order valence-corrected chi connectivity index (χ2v) is 7.43. The summed E-state index contributed by atoms with van der Waals surface area (Å²) >= 11 is 0. The molecule has 2 fully saturated rings. The van der Waals surface area contributed by atoms with Gasteiger partial charge in [0.25, 0.3) is 0 Å². The summed E-state index contributed by atoms with van der Waals surface area (Å²) in [6, 6.07) is 0.924. The van der Waals surface area contributed by atoms with E-state index in [9.17, 15) is 0 Å². The van der Waals surface area contributed by atoms with Crippen molar-refractivity contribution in [1.82, 2.24) is 4.90 Å². The van der Waals surface area contributed by atoms with E-state index < -0.39 is 0 Å². The number of nitrogens with zero attached hydrogens (tertiary/aromatic N) is 1. The molecule has 1 nitrogen and oxygen atoms in total. The third kappa shape index (κ3) is 5.06. The van der Waals surface area contributed by atoms with Crippen LogP contribution in [-0.4, -0.2) is 24.0 Å². The standard InChI is InChI=1S/C17H33N.C2H6/c1-13(2)15-5-7-17(8-6-15)18-11-9-16(10-12-18)14(3)4;1-2/h13-17H,5-12H2,1-4H3;1-2H3. The molecule has 0 amide bonds. The van der Waals surface area contributed by atoms with Gasteiger partial charge in [-0.2, -0.15) is 0 Å². The Morgan fingerprint density at radius 1 is 0.650 bits per heavy atom. The fourth-order valence-electron chi connectivity index (χ4n) is 4.08. The van der Waals surface area contributed by atoms with Crippen molar-refractivity contribution in [2.75, 3.05) is 13.1 Å². The molecule has 0 bridgehead atoms. The zero-order valence-corrected chi connectivity index (χ0v) is 15.0. The first-order valence-electron chi connectivity index (χ1n) is 9.32. The number of piperidine rings is 1. The second-order valence-electron chi connectivity index (χ2n) is 7.43. The Morgan fingerprint density at radius 3 is 1.45 bits per heavy atom. The minimum absolute atomic E-state index is 0.892. The van der Waals surface area contributed by atoms with Crippen LogP contribution in [-0.2, 0) is 0 Å². The van der Waals surface area contributed by atoms with E-state index in [1.807, 2.05) is 13.8 Å². The van der Waals surface area contributed by atoms with E-state index in [4.69, 9.17) is 0 Å². The van der Waals surface area contributed by atoms with E-state index in [0.717, 1.165) is 29.7 Å². The zero-order chi connectivity index (χ0) is 15.1. The van der Waals surface area contributed by atoms with E-state index in [1.54, 1.807) is 0 Å². The summed E-state index contributed by atoms with van der Waals surface area (Å²) in [6.45, 7) is 16.3. The molecule has 0 atom stereocenters. The molecule has 0 N–H and O–H groups in total. The van der Waals surface area contributed by atoms with Crippen LogP contribution in [0.4, 0.5) is 0 Å². The van der Waals surface area contributed by atoms with E-state index in [-0.39, 0.29) is 0 Å². The van der Waals surface area contributed by atoms with Gasteiger partial charge in [0.2, 0.25) is 0 Å². The average molecular weight is 282 g/mol. The Kier molecular flexibility index (Phi) is 8.17. The van der Waals surface area contributed by atoms with Gasteiger partial charge in [0.1, 0.15) is 0 Å². The van der Waals surface area contributed by atoms with Crippen LogP contribution < -0.4 is 0 Å². The number of hydrogen-bond donors (Lipinski definition) is 0. The summed E-state index contributed by atoms with van der Waals surface area (Å²) < 4.78 is 0. The highest BCUT2D eigenvalue weighted by atomic mass is 15.2. The molecule has 1 saturated heterocycles. The Bertz CT molecular complexity index is 204. The average Bonchev–Trinajstić information content (AvgIpc) is 2.49. The minimum atomic E-state index is 0.892. The Labute approximate surface area is 128 Å². The third-order valence-electron chi connectivity index (χ3n) is 5.72. The molecule has 20 heavy (non-hydrogen) atoms. The van der Waals surface area contributed by atoms with Crippen molar-refractivity contribution in [1.29, 1.82) is 0 Å². The predicted molar refractivity (Wildman–Crippen MR) is 91.1 cm³/mol. The Balaban J connectivity index is 0.000000956. The van der Waals surface area contributed by atoms with Crippen molar-refractivity contribution in [3.05, 3.63) is 0 Å². The lowest BCUT2D eigenvalue weighted by atomic mass is 9.78. The monoisotopic (exact) mass is 281 g/mol. The highest BCUT2D eigenvalue weighted by Crippen LogP contribution is 2.34. The van der Waals surface area contributed by atoms with Crippen LogP contribution in [0.5, 0.6) is 0 Å². The lowest BCUT2D eigenvalue weighted by Gasteiger charge is -2.42. The van der Waals surface area contributed by atoms with Gasteiger partial charge in [0, 0.05) is 6.04 Å². The van der Waals surface area contributed by atoms with Gasteiger partial charge in [-0.15, -0.1) is 0 Å². The molecule has 1 aliphatic heterocycles. The van der Waals surface area contributed by atoms with Crippen molar-refractivity contribution in [2.45, 2.75) is 86.1 Å². The zero-order valence-electron chi connectivity index (χ0n) is 15.0. The van der Waals surface area contributed by atoms with Gasteiger partial charge in [-0.25, -0.2) is 0 Å². The maximum atomic E-state index is 2.81. The van der Waals surface area contributed by atoms with Gasteiger partial charge >= 0.3 is 0 Å². The van der Waals surface area contributed by atoms with Crippen molar-refractivity contribution in [2.24, 2.45) is 23.7 Å². The molecule has 1 heteroatoms. The Hall–Kier alpha value is -0.0400. The summed E-state index contributed by atoms with van der Waals surface area (Å²) in [4.78, 5) is 2.81. The van der Waals surface area contributed by atoms with Gasteiger partial charge in [-0.1, -0.05) is 41.5 Å². The lowest BCUT2D eigenvalue weighted by Crippen LogP contribution is -2.44. The number of likely N-dealkylation sites (tertiary alicyclic amines) is 1. The van der Waals surface area contributed by atoms with Crippen molar-refractivity contribution in [3.8, 4) is 0 Å². The van der Waals surface area contributed by atoms with Gasteiger partial charge in [0.15, 0.2) is 0 Å². The van der Waals surface area contributed by atoms with Gasteiger partial charge in [-0.05, 0) is 75.3 Å². The summed E-state index contributed by atoms with van der Waals surface area (Å²) in [6.07, 6.45) is 8.78. The molecule has 2 rings (SSSR count). The van der Waals surface area contributed by atoms with Gasteiger partial charge in [0.05, 0.1) is 0 Å². The quantitative estimate of drug-likeness (QED) is 0.651. The van der Waals surface area contributed by atoms with Crippen LogP contribution in [0.15, 0.2) is 0 Å². The van der Waals surface area contributed by atoms with Crippen molar-refractivity contribution in [3.63, 3.8) is 0 Å². The fraction of sp³-hybridized carbons (Fsp3) is 1.00. The largest absolute Gasteiger partial charge is 0.300 e. The molecule has 1 heterocycles. The molecule has 1 aliphatic carbocycles. The normalized spacial score (nSPS) is 29.4. The first-order valence-corrected chi connectivity index (χ1v) is 9.32. The molecule has 0 spiro atoms. The van der Waals surface area contributed by atoms with Crippen LogP contribution in [0.2, 0.25) is 0 Å². The fourth-order valence-corrected chi connectivity index (χ4v) is 4.08. The topological polar surface area (TPSA) is 3.24 Å². The molecule has 120 valence electrons. The predicted octanol–water partition coefficient (Wildman–Crippen LogP) is 5.60. The molecule has 0 aromatic rings. The number of rotatable bonds is 3. The maximum absolute atomic E-state index is 2.81. The van der Waals surface area contributed by atoms with E-state index >= 15 is 0 Å². The molecular formula is C19H39N. The summed E-state index contributed by atoms with van der Waals surface area (Å²) in [5, 5.41) is 0. The summed E-state index contributed by atoms with van der Waals surface area (Å²) in [5.74, 6) is 3.80. The van der Waals surface area contributed by atoms with Crippen LogP contribution in [0.3, 0.4) is 0 Å². The smallest absolute Gasteiger partial charge is 0.00954 e. The maximum Gasteiger partial charge on any atom is 0.00954 e. The van der Waals surface area contributed by atoms with Crippen LogP contribution in [0.25, 0.3) is 0 Å².